The smallest absolute Gasteiger partial charge is 0.231 e. The molecule has 0 aliphatic rings. The van der Waals surface area contributed by atoms with Crippen molar-refractivity contribution in [2.24, 2.45) is 0 Å². The normalized spacial score (nSPS) is 10.5. The molecular formula is C10H14N6O. The Morgan fingerprint density at radius 2 is 1.88 bits per heavy atom. The van der Waals surface area contributed by atoms with Crippen LogP contribution in [-0.4, -0.2) is 22.0 Å². The summed E-state index contributed by atoms with van der Waals surface area (Å²) < 4.78 is 5.22. The van der Waals surface area contributed by atoms with Crippen LogP contribution in [0.5, 0.6) is 0 Å². The van der Waals surface area contributed by atoms with Crippen molar-refractivity contribution in [3.63, 3.8) is 0 Å². The molecule has 0 saturated carbocycles. The molecule has 0 spiro atoms. The van der Waals surface area contributed by atoms with Gasteiger partial charge in [-0.05, 0) is 13.0 Å². The van der Waals surface area contributed by atoms with E-state index in [0.29, 0.717) is 12.5 Å². The highest BCUT2D eigenvalue weighted by molar-refractivity contribution is 5.39. The van der Waals surface area contributed by atoms with Crippen molar-refractivity contribution in [3.8, 4) is 0 Å². The Bertz CT molecular complexity index is 503. The largest absolute Gasteiger partial charge is 0.469 e. The fourth-order valence-electron chi connectivity index (χ4n) is 1.47. The van der Waals surface area contributed by atoms with Gasteiger partial charge in [-0.2, -0.15) is 15.0 Å². The molecule has 4 N–H and O–H groups in total. The molecule has 0 atom stereocenters. The van der Waals surface area contributed by atoms with Gasteiger partial charge in [-0.15, -0.1) is 0 Å². The predicted molar refractivity (Wildman–Crippen MR) is 64.2 cm³/mol. The van der Waals surface area contributed by atoms with E-state index in [9.17, 15) is 0 Å². The maximum absolute atomic E-state index is 5.51. The Morgan fingerprint density at radius 1 is 1.24 bits per heavy atom. The minimum absolute atomic E-state index is 0.114. The van der Waals surface area contributed by atoms with Crippen LogP contribution in [0.4, 0.5) is 17.8 Å². The molecule has 90 valence electrons. The number of aryl methyl sites for hydroxylation is 1. The average Bonchev–Trinajstić information content (AvgIpc) is 2.63. The summed E-state index contributed by atoms with van der Waals surface area (Å²) >= 11 is 0. The SMILES string of the molecule is Cc1occc1CN(C)c1nc(N)nc(N)n1. The van der Waals surface area contributed by atoms with Crippen molar-refractivity contribution in [3.05, 3.63) is 23.7 Å². The van der Waals surface area contributed by atoms with Crippen LogP contribution in [0.2, 0.25) is 0 Å². The van der Waals surface area contributed by atoms with Gasteiger partial charge in [0.25, 0.3) is 0 Å². The Morgan fingerprint density at radius 3 is 2.41 bits per heavy atom. The van der Waals surface area contributed by atoms with Crippen LogP contribution in [0.15, 0.2) is 16.7 Å². The summed E-state index contributed by atoms with van der Waals surface area (Å²) in [7, 11) is 1.85. The van der Waals surface area contributed by atoms with Gasteiger partial charge in [0.15, 0.2) is 0 Å². The summed E-state index contributed by atoms with van der Waals surface area (Å²) in [6, 6.07) is 1.90. The van der Waals surface area contributed by atoms with E-state index in [1.807, 2.05) is 24.9 Å². The Balaban J connectivity index is 2.20. The van der Waals surface area contributed by atoms with Crippen LogP contribution >= 0.6 is 0 Å². The second-order valence-corrected chi connectivity index (χ2v) is 3.71. The van der Waals surface area contributed by atoms with Crippen LogP contribution in [-0.2, 0) is 6.54 Å². The van der Waals surface area contributed by atoms with E-state index in [1.165, 1.54) is 0 Å². The Kier molecular flexibility index (Phi) is 2.82. The quantitative estimate of drug-likeness (QED) is 0.799. The minimum Gasteiger partial charge on any atom is -0.469 e. The number of hydrogen-bond acceptors (Lipinski definition) is 7. The molecule has 7 nitrogen and oxygen atoms in total. The second-order valence-electron chi connectivity index (χ2n) is 3.71. The van der Waals surface area contributed by atoms with Crippen LogP contribution in [0.25, 0.3) is 0 Å². The number of nitrogens with two attached hydrogens (primary N) is 2. The summed E-state index contributed by atoms with van der Waals surface area (Å²) in [5, 5.41) is 0. The van der Waals surface area contributed by atoms with E-state index in [2.05, 4.69) is 15.0 Å². The molecule has 2 aromatic rings. The molecule has 0 saturated heterocycles. The maximum atomic E-state index is 5.51. The van der Waals surface area contributed by atoms with Gasteiger partial charge in [0.1, 0.15) is 5.76 Å². The molecule has 17 heavy (non-hydrogen) atoms. The van der Waals surface area contributed by atoms with Crippen molar-refractivity contribution in [1.29, 1.82) is 0 Å². The average molecular weight is 234 g/mol. The van der Waals surface area contributed by atoms with Crippen LogP contribution in [0.1, 0.15) is 11.3 Å². The van der Waals surface area contributed by atoms with Gasteiger partial charge in [0.05, 0.1) is 6.26 Å². The molecule has 7 heteroatoms. The fraction of sp³-hybridized carbons (Fsp3) is 0.300. The van der Waals surface area contributed by atoms with Gasteiger partial charge in [0, 0.05) is 19.2 Å². The van der Waals surface area contributed by atoms with E-state index in [0.717, 1.165) is 11.3 Å². The molecule has 0 aliphatic carbocycles. The van der Waals surface area contributed by atoms with Crippen molar-refractivity contribution in [1.82, 2.24) is 15.0 Å². The van der Waals surface area contributed by atoms with Gasteiger partial charge < -0.3 is 20.8 Å². The number of nitrogens with zero attached hydrogens (tertiary/aromatic N) is 4. The van der Waals surface area contributed by atoms with E-state index >= 15 is 0 Å². The highest BCUT2D eigenvalue weighted by Gasteiger charge is 2.10. The lowest BCUT2D eigenvalue weighted by Gasteiger charge is -2.16. The maximum Gasteiger partial charge on any atom is 0.231 e. The lowest BCUT2D eigenvalue weighted by Crippen LogP contribution is -2.21. The molecule has 0 aliphatic heterocycles. The fourth-order valence-corrected chi connectivity index (χ4v) is 1.47. The van der Waals surface area contributed by atoms with Gasteiger partial charge >= 0.3 is 0 Å². The summed E-state index contributed by atoms with van der Waals surface area (Å²) in [5.74, 6) is 1.54. The summed E-state index contributed by atoms with van der Waals surface area (Å²) in [6.45, 7) is 2.52. The molecule has 2 heterocycles. The van der Waals surface area contributed by atoms with Gasteiger partial charge in [0.2, 0.25) is 17.8 Å². The zero-order valence-corrected chi connectivity index (χ0v) is 9.71. The lowest BCUT2D eigenvalue weighted by molar-refractivity contribution is 0.529. The third-order valence-corrected chi connectivity index (χ3v) is 2.37. The summed E-state index contributed by atoms with van der Waals surface area (Å²) in [6.07, 6.45) is 1.65. The summed E-state index contributed by atoms with van der Waals surface area (Å²) in [5.41, 5.74) is 12.1. The molecule has 0 bridgehead atoms. The third-order valence-electron chi connectivity index (χ3n) is 2.37. The molecule has 0 radical (unpaired) electrons. The standard InChI is InChI=1S/C10H14N6O/c1-6-7(3-4-17-6)5-16(2)10-14-8(11)13-9(12)15-10/h3-4H,5H2,1-2H3,(H4,11,12,13,14,15). The highest BCUT2D eigenvalue weighted by atomic mass is 16.3. The second kappa shape index (κ2) is 4.28. The first kappa shape index (κ1) is 11.2. The van der Waals surface area contributed by atoms with Crippen LogP contribution in [0, 0.1) is 6.92 Å². The van der Waals surface area contributed by atoms with Gasteiger partial charge in [-0.1, -0.05) is 0 Å². The number of furan rings is 1. The van der Waals surface area contributed by atoms with Crippen molar-refractivity contribution in [2.45, 2.75) is 13.5 Å². The zero-order valence-electron chi connectivity index (χ0n) is 9.71. The predicted octanol–water partition coefficient (Wildman–Crippen LogP) is 0.574. The molecule has 2 rings (SSSR count). The first-order valence-corrected chi connectivity index (χ1v) is 5.07. The number of rotatable bonds is 3. The highest BCUT2D eigenvalue weighted by Crippen LogP contribution is 2.15. The number of anilines is 3. The molecular weight excluding hydrogens is 220 g/mol. The number of hydrogen-bond donors (Lipinski definition) is 2. The van der Waals surface area contributed by atoms with Crippen molar-refractivity contribution >= 4 is 17.8 Å². The Hall–Kier alpha value is -2.31. The topological polar surface area (TPSA) is 107 Å². The van der Waals surface area contributed by atoms with Crippen LogP contribution in [0.3, 0.4) is 0 Å². The zero-order chi connectivity index (χ0) is 12.4. The molecule has 0 amide bonds. The molecule has 0 aromatic carbocycles. The molecule has 0 fully saturated rings. The van der Waals surface area contributed by atoms with E-state index in [1.54, 1.807) is 6.26 Å². The van der Waals surface area contributed by atoms with E-state index < -0.39 is 0 Å². The first-order chi connectivity index (χ1) is 8.06. The van der Waals surface area contributed by atoms with Gasteiger partial charge in [-0.3, -0.25) is 0 Å². The van der Waals surface area contributed by atoms with E-state index in [-0.39, 0.29) is 11.9 Å². The summed E-state index contributed by atoms with van der Waals surface area (Å²) in [4.78, 5) is 13.6. The van der Waals surface area contributed by atoms with Crippen molar-refractivity contribution in [2.75, 3.05) is 23.4 Å². The van der Waals surface area contributed by atoms with E-state index in [4.69, 9.17) is 15.9 Å². The number of nitrogen functional groups attached to an aromatic ring is 2. The third kappa shape index (κ3) is 2.44. The molecule has 2 aromatic heterocycles. The first-order valence-electron chi connectivity index (χ1n) is 5.07. The number of aromatic nitrogens is 3. The monoisotopic (exact) mass is 234 g/mol. The minimum atomic E-state index is 0.114. The van der Waals surface area contributed by atoms with Crippen LogP contribution < -0.4 is 16.4 Å². The Labute approximate surface area is 98.5 Å². The lowest BCUT2D eigenvalue weighted by atomic mass is 10.2. The van der Waals surface area contributed by atoms with Gasteiger partial charge in [-0.25, -0.2) is 0 Å². The molecule has 0 unspecified atom stereocenters. The van der Waals surface area contributed by atoms with Crippen molar-refractivity contribution < 1.29 is 4.42 Å².